The minimum Gasteiger partial charge on any atom is -0.385 e. The molecule has 1 atom stereocenters. The van der Waals surface area contributed by atoms with Crippen molar-refractivity contribution >= 4 is 28.9 Å². The Hall–Kier alpha value is -0.470. The fourth-order valence-corrected chi connectivity index (χ4v) is 1.58. The summed E-state index contributed by atoms with van der Waals surface area (Å²) >= 11 is 11.3. The minimum absolute atomic E-state index is 0.0501. The zero-order valence-electron chi connectivity index (χ0n) is 8.78. The van der Waals surface area contributed by atoms with Gasteiger partial charge in [-0.05, 0) is 18.1 Å². The van der Waals surface area contributed by atoms with Crippen LogP contribution in [0.1, 0.15) is 20.3 Å². The minimum atomic E-state index is -0.563. The lowest BCUT2D eigenvalue weighted by molar-refractivity contribution is 0.593. The van der Waals surface area contributed by atoms with Crippen LogP contribution in [0.3, 0.4) is 0 Å². The number of rotatable bonds is 4. The second-order valence-electron chi connectivity index (χ2n) is 3.65. The zero-order valence-corrected chi connectivity index (χ0v) is 10.3. The van der Waals surface area contributed by atoms with Crippen molar-refractivity contribution in [1.82, 2.24) is 0 Å². The molecule has 15 heavy (non-hydrogen) atoms. The predicted octanol–water partition coefficient (Wildman–Crippen LogP) is 4.59. The number of benzene rings is 1. The SMILES string of the molecule is CCC(C)CNc1cc(Cl)c(F)c(Cl)c1. The van der Waals surface area contributed by atoms with Gasteiger partial charge in [-0.2, -0.15) is 0 Å². The van der Waals surface area contributed by atoms with E-state index in [9.17, 15) is 4.39 Å². The lowest BCUT2D eigenvalue weighted by Gasteiger charge is -2.12. The number of halogens is 3. The van der Waals surface area contributed by atoms with Gasteiger partial charge >= 0.3 is 0 Å². The molecule has 0 amide bonds. The molecule has 0 radical (unpaired) electrons. The van der Waals surface area contributed by atoms with Gasteiger partial charge in [0.2, 0.25) is 0 Å². The molecule has 0 saturated carbocycles. The third-order valence-corrected chi connectivity index (χ3v) is 2.89. The highest BCUT2D eigenvalue weighted by atomic mass is 35.5. The van der Waals surface area contributed by atoms with E-state index < -0.39 is 5.82 Å². The van der Waals surface area contributed by atoms with Gasteiger partial charge in [0.25, 0.3) is 0 Å². The van der Waals surface area contributed by atoms with Crippen molar-refractivity contribution in [2.75, 3.05) is 11.9 Å². The first-order valence-corrected chi connectivity index (χ1v) is 5.68. The third-order valence-electron chi connectivity index (χ3n) is 2.34. The lowest BCUT2D eigenvalue weighted by atomic mass is 10.1. The maximum atomic E-state index is 13.1. The Bertz CT molecular complexity index is 318. The summed E-state index contributed by atoms with van der Waals surface area (Å²) < 4.78 is 13.1. The quantitative estimate of drug-likeness (QED) is 0.770. The van der Waals surface area contributed by atoms with Crippen LogP contribution in [0, 0.1) is 11.7 Å². The van der Waals surface area contributed by atoms with E-state index in [4.69, 9.17) is 23.2 Å². The van der Waals surface area contributed by atoms with E-state index in [-0.39, 0.29) is 10.0 Å². The van der Waals surface area contributed by atoms with Gasteiger partial charge in [-0.15, -0.1) is 0 Å². The Kier molecular flexibility index (Phi) is 4.68. The molecule has 4 heteroatoms. The van der Waals surface area contributed by atoms with Crippen LogP contribution in [-0.4, -0.2) is 6.54 Å². The normalized spacial score (nSPS) is 12.6. The molecule has 0 aromatic heterocycles. The Morgan fingerprint density at radius 1 is 1.33 bits per heavy atom. The Morgan fingerprint density at radius 2 is 1.87 bits per heavy atom. The van der Waals surface area contributed by atoms with E-state index in [0.29, 0.717) is 5.92 Å². The standard InChI is InChI=1S/C11H14Cl2FN/c1-3-7(2)6-15-8-4-9(12)11(14)10(13)5-8/h4-5,7,15H,3,6H2,1-2H3. The van der Waals surface area contributed by atoms with Crippen LogP contribution in [0.4, 0.5) is 10.1 Å². The van der Waals surface area contributed by atoms with Crippen LogP contribution in [-0.2, 0) is 0 Å². The molecule has 1 aromatic carbocycles. The van der Waals surface area contributed by atoms with Gasteiger partial charge < -0.3 is 5.32 Å². The average molecular weight is 250 g/mol. The number of anilines is 1. The summed E-state index contributed by atoms with van der Waals surface area (Å²) in [6.07, 6.45) is 1.09. The number of nitrogens with one attached hydrogen (secondary N) is 1. The number of hydrogen-bond donors (Lipinski definition) is 1. The predicted molar refractivity (Wildman–Crippen MR) is 64.4 cm³/mol. The maximum Gasteiger partial charge on any atom is 0.160 e. The average Bonchev–Trinajstić information content (AvgIpc) is 2.22. The van der Waals surface area contributed by atoms with Crippen LogP contribution in [0.5, 0.6) is 0 Å². The maximum absolute atomic E-state index is 13.1. The van der Waals surface area contributed by atoms with E-state index in [0.717, 1.165) is 18.7 Å². The Balaban J connectivity index is 2.70. The van der Waals surface area contributed by atoms with Crippen LogP contribution < -0.4 is 5.32 Å². The molecular weight excluding hydrogens is 236 g/mol. The van der Waals surface area contributed by atoms with E-state index in [2.05, 4.69) is 19.2 Å². The first-order chi connectivity index (χ1) is 7.04. The highest BCUT2D eigenvalue weighted by Gasteiger charge is 2.07. The summed E-state index contributed by atoms with van der Waals surface area (Å²) in [5.41, 5.74) is 0.756. The fourth-order valence-electron chi connectivity index (χ4n) is 1.09. The van der Waals surface area contributed by atoms with Crippen LogP contribution in [0.2, 0.25) is 10.0 Å². The molecule has 0 spiro atoms. The smallest absolute Gasteiger partial charge is 0.160 e. The topological polar surface area (TPSA) is 12.0 Å². The zero-order chi connectivity index (χ0) is 11.4. The molecule has 1 N–H and O–H groups in total. The third kappa shape index (κ3) is 3.54. The van der Waals surface area contributed by atoms with Crippen molar-refractivity contribution in [3.8, 4) is 0 Å². The van der Waals surface area contributed by atoms with Crippen molar-refractivity contribution < 1.29 is 4.39 Å². The molecule has 0 aliphatic rings. The fraction of sp³-hybridized carbons (Fsp3) is 0.455. The molecule has 1 aromatic rings. The molecule has 1 nitrogen and oxygen atoms in total. The monoisotopic (exact) mass is 249 g/mol. The van der Waals surface area contributed by atoms with Gasteiger partial charge in [0, 0.05) is 12.2 Å². The van der Waals surface area contributed by atoms with Crippen molar-refractivity contribution in [3.63, 3.8) is 0 Å². The first-order valence-electron chi connectivity index (χ1n) is 4.93. The summed E-state index contributed by atoms with van der Waals surface area (Å²) in [7, 11) is 0. The molecule has 84 valence electrons. The summed E-state index contributed by atoms with van der Waals surface area (Å²) in [6.45, 7) is 5.09. The van der Waals surface area contributed by atoms with Gasteiger partial charge in [0.1, 0.15) is 0 Å². The summed E-state index contributed by atoms with van der Waals surface area (Å²) in [6, 6.07) is 3.09. The summed E-state index contributed by atoms with van der Waals surface area (Å²) in [5.74, 6) is 0.0000254. The largest absolute Gasteiger partial charge is 0.385 e. The van der Waals surface area contributed by atoms with Crippen LogP contribution in [0.15, 0.2) is 12.1 Å². The van der Waals surface area contributed by atoms with E-state index >= 15 is 0 Å². The lowest BCUT2D eigenvalue weighted by Crippen LogP contribution is -2.10. The molecule has 0 heterocycles. The molecular formula is C11H14Cl2FN. The van der Waals surface area contributed by atoms with Gasteiger partial charge in [0.05, 0.1) is 10.0 Å². The van der Waals surface area contributed by atoms with Gasteiger partial charge in [0.15, 0.2) is 5.82 Å². The molecule has 0 aliphatic carbocycles. The molecule has 0 bridgehead atoms. The van der Waals surface area contributed by atoms with Gasteiger partial charge in [-0.3, -0.25) is 0 Å². The molecule has 0 fully saturated rings. The van der Waals surface area contributed by atoms with E-state index in [1.165, 1.54) is 0 Å². The van der Waals surface area contributed by atoms with Crippen LogP contribution >= 0.6 is 23.2 Å². The van der Waals surface area contributed by atoms with Crippen molar-refractivity contribution in [2.45, 2.75) is 20.3 Å². The van der Waals surface area contributed by atoms with Crippen molar-refractivity contribution in [3.05, 3.63) is 28.0 Å². The highest BCUT2D eigenvalue weighted by Crippen LogP contribution is 2.27. The van der Waals surface area contributed by atoms with Gasteiger partial charge in [-0.1, -0.05) is 43.5 Å². The second kappa shape index (κ2) is 5.57. The summed E-state index contributed by atoms with van der Waals surface area (Å²) in [5, 5.41) is 3.27. The second-order valence-corrected chi connectivity index (χ2v) is 4.46. The van der Waals surface area contributed by atoms with Crippen molar-refractivity contribution in [2.24, 2.45) is 5.92 Å². The van der Waals surface area contributed by atoms with Crippen molar-refractivity contribution in [1.29, 1.82) is 0 Å². The van der Waals surface area contributed by atoms with Gasteiger partial charge in [-0.25, -0.2) is 4.39 Å². The van der Waals surface area contributed by atoms with E-state index in [1.54, 1.807) is 12.1 Å². The summed E-state index contributed by atoms with van der Waals surface area (Å²) in [4.78, 5) is 0. The Labute approximate surface area is 99.6 Å². The first kappa shape index (κ1) is 12.6. The molecule has 1 rings (SSSR count). The van der Waals surface area contributed by atoms with E-state index in [1.807, 2.05) is 0 Å². The Morgan fingerprint density at radius 3 is 2.33 bits per heavy atom. The highest BCUT2D eigenvalue weighted by molar-refractivity contribution is 6.35. The molecule has 0 aliphatic heterocycles. The van der Waals surface area contributed by atoms with Crippen LogP contribution in [0.25, 0.3) is 0 Å². The molecule has 0 saturated heterocycles. The number of hydrogen-bond acceptors (Lipinski definition) is 1. The molecule has 1 unspecified atom stereocenters.